The molecule has 30 heavy (non-hydrogen) atoms. The Labute approximate surface area is 182 Å². The number of amides is 1. The second-order valence-corrected chi connectivity index (χ2v) is 8.69. The number of halogens is 3. The minimum absolute atomic E-state index is 0.0405. The van der Waals surface area contributed by atoms with Crippen molar-refractivity contribution in [3.63, 3.8) is 0 Å². The largest absolute Gasteiger partial charge is 0.477 e. The van der Waals surface area contributed by atoms with Gasteiger partial charge in [-0.25, -0.2) is 8.78 Å². The molecule has 3 atom stereocenters. The van der Waals surface area contributed by atoms with E-state index >= 15 is 0 Å². The van der Waals surface area contributed by atoms with E-state index in [4.69, 9.17) is 4.74 Å². The van der Waals surface area contributed by atoms with Gasteiger partial charge in [0.2, 0.25) is 0 Å². The maximum absolute atomic E-state index is 14.4. The molecule has 0 spiro atoms. The predicted molar refractivity (Wildman–Crippen MR) is 112 cm³/mol. The van der Waals surface area contributed by atoms with Gasteiger partial charge in [0.25, 0.3) is 5.91 Å². The molecule has 5 nitrogen and oxygen atoms in total. The summed E-state index contributed by atoms with van der Waals surface area (Å²) in [6, 6.07) is 9.25. The van der Waals surface area contributed by atoms with E-state index in [0.717, 1.165) is 19.3 Å². The molecule has 1 amide bonds. The van der Waals surface area contributed by atoms with Crippen LogP contribution in [0.1, 0.15) is 31.2 Å². The average Bonchev–Trinajstić information content (AvgIpc) is 2.72. The number of aliphatic hydroxyl groups excluding tert-OH is 1. The number of nitrogens with zero attached hydrogens (tertiary/aromatic N) is 1. The second-order valence-electron chi connectivity index (χ2n) is 7.77. The van der Waals surface area contributed by atoms with Gasteiger partial charge in [-0.3, -0.25) is 4.79 Å². The number of para-hydroxylation sites is 2. The maximum atomic E-state index is 14.4. The van der Waals surface area contributed by atoms with Crippen LogP contribution in [0.15, 0.2) is 40.9 Å². The number of fused-ring (bicyclic) bond motifs is 1. The molecule has 1 aliphatic heterocycles. The summed E-state index contributed by atoms with van der Waals surface area (Å²) in [5.74, 6) is -1.17. The van der Waals surface area contributed by atoms with Gasteiger partial charge >= 0.3 is 0 Å². The standard InChI is InChI=1S/C22H23BrF2N2O3/c23-13-9-15(24)14(16(25)10-13)11-27-12-21(30-20-8-4-2-6-18(20)27)22(29)26-17-5-1-3-7-19(17)28/h2,4,6,8-10,17,19,21,28H,1,3,5,7,11-12H2,(H,26,29)/t17-,19-,21?/m0/s1. The third kappa shape index (κ3) is 4.44. The Hall–Kier alpha value is -2.19. The molecule has 1 heterocycles. The molecule has 2 aliphatic rings. The molecule has 1 fully saturated rings. The van der Waals surface area contributed by atoms with Crippen LogP contribution >= 0.6 is 15.9 Å². The molecule has 8 heteroatoms. The van der Waals surface area contributed by atoms with Crippen molar-refractivity contribution in [1.29, 1.82) is 0 Å². The number of anilines is 1. The van der Waals surface area contributed by atoms with Gasteiger partial charge in [0.15, 0.2) is 6.10 Å². The minimum atomic E-state index is -0.851. The van der Waals surface area contributed by atoms with Crippen molar-refractivity contribution in [1.82, 2.24) is 5.32 Å². The van der Waals surface area contributed by atoms with E-state index in [1.807, 2.05) is 6.07 Å². The smallest absolute Gasteiger partial charge is 0.263 e. The number of carbonyl (C=O) groups excluding carboxylic acids is 1. The maximum Gasteiger partial charge on any atom is 0.263 e. The first kappa shape index (κ1) is 21.1. The highest BCUT2D eigenvalue weighted by Gasteiger charge is 2.34. The van der Waals surface area contributed by atoms with Crippen molar-refractivity contribution in [2.75, 3.05) is 11.4 Å². The van der Waals surface area contributed by atoms with Crippen LogP contribution in [0.4, 0.5) is 14.5 Å². The lowest BCUT2D eigenvalue weighted by molar-refractivity contribution is -0.129. The molecule has 2 N–H and O–H groups in total. The van der Waals surface area contributed by atoms with E-state index in [-0.39, 0.29) is 30.6 Å². The number of ether oxygens (including phenoxy) is 1. The molecular weight excluding hydrogens is 458 g/mol. The van der Waals surface area contributed by atoms with E-state index in [9.17, 15) is 18.7 Å². The molecule has 2 aromatic carbocycles. The number of hydrogen-bond acceptors (Lipinski definition) is 4. The van der Waals surface area contributed by atoms with Crippen LogP contribution in [0.2, 0.25) is 0 Å². The quantitative estimate of drug-likeness (QED) is 0.696. The summed E-state index contributed by atoms with van der Waals surface area (Å²) >= 11 is 3.09. The molecule has 4 rings (SSSR count). The highest BCUT2D eigenvalue weighted by atomic mass is 79.9. The molecule has 0 aromatic heterocycles. The molecule has 1 aliphatic carbocycles. The van der Waals surface area contributed by atoms with Gasteiger partial charge in [-0.05, 0) is 37.1 Å². The third-order valence-corrected chi connectivity index (χ3v) is 6.12. The van der Waals surface area contributed by atoms with Crippen LogP contribution in [-0.4, -0.2) is 35.8 Å². The van der Waals surface area contributed by atoms with Gasteiger partial charge in [0.1, 0.15) is 17.4 Å². The van der Waals surface area contributed by atoms with Gasteiger partial charge in [0, 0.05) is 16.6 Å². The SMILES string of the molecule is O=C(N[C@H]1CCCC[C@@H]1O)C1CN(Cc2c(F)cc(Br)cc2F)c2ccccc2O1. The fraction of sp³-hybridized carbons (Fsp3) is 0.409. The summed E-state index contributed by atoms with van der Waals surface area (Å²) in [4.78, 5) is 14.6. The van der Waals surface area contributed by atoms with Crippen molar-refractivity contribution in [2.24, 2.45) is 0 Å². The third-order valence-electron chi connectivity index (χ3n) is 5.67. The van der Waals surface area contributed by atoms with Crippen LogP contribution in [0.3, 0.4) is 0 Å². The van der Waals surface area contributed by atoms with Crippen LogP contribution in [-0.2, 0) is 11.3 Å². The molecule has 2 aromatic rings. The van der Waals surface area contributed by atoms with E-state index < -0.39 is 23.8 Å². The van der Waals surface area contributed by atoms with Crippen molar-refractivity contribution < 1.29 is 23.4 Å². The van der Waals surface area contributed by atoms with Crippen molar-refractivity contribution in [3.05, 3.63) is 58.1 Å². The normalized spacial score (nSPS) is 23.5. The van der Waals surface area contributed by atoms with E-state index in [1.165, 1.54) is 12.1 Å². The molecule has 0 radical (unpaired) electrons. The minimum Gasteiger partial charge on any atom is -0.477 e. The monoisotopic (exact) mass is 480 g/mol. The second kappa shape index (κ2) is 8.89. The lowest BCUT2D eigenvalue weighted by Gasteiger charge is -2.37. The van der Waals surface area contributed by atoms with Gasteiger partial charge in [-0.2, -0.15) is 0 Å². The molecule has 160 valence electrons. The van der Waals surface area contributed by atoms with Crippen LogP contribution in [0.5, 0.6) is 5.75 Å². The summed E-state index contributed by atoms with van der Waals surface area (Å²) in [6.45, 7) is 0.0990. The number of benzene rings is 2. The highest BCUT2D eigenvalue weighted by Crippen LogP contribution is 2.35. The Morgan fingerprint density at radius 2 is 1.90 bits per heavy atom. The van der Waals surface area contributed by atoms with Crippen LogP contribution < -0.4 is 15.0 Å². The van der Waals surface area contributed by atoms with Crippen molar-refractivity contribution >= 4 is 27.5 Å². The first-order chi connectivity index (χ1) is 14.4. The summed E-state index contributed by atoms with van der Waals surface area (Å²) in [5.41, 5.74) is 0.595. The summed E-state index contributed by atoms with van der Waals surface area (Å²) in [6.07, 6.45) is 1.85. The Morgan fingerprint density at radius 1 is 1.20 bits per heavy atom. The Morgan fingerprint density at radius 3 is 2.63 bits per heavy atom. The van der Waals surface area contributed by atoms with E-state index in [2.05, 4.69) is 21.2 Å². The Bertz CT molecular complexity index is 919. The number of aliphatic hydroxyl groups is 1. The lowest BCUT2D eigenvalue weighted by Crippen LogP contribution is -2.54. The predicted octanol–water partition coefficient (Wildman–Crippen LogP) is 3.91. The van der Waals surface area contributed by atoms with E-state index in [1.54, 1.807) is 23.1 Å². The van der Waals surface area contributed by atoms with Gasteiger partial charge in [-0.15, -0.1) is 0 Å². The Balaban J connectivity index is 1.56. The summed E-state index contributed by atoms with van der Waals surface area (Å²) in [5, 5.41) is 13.0. The molecule has 0 saturated heterocycles. The fourth-order valence-electron chi connectivity index (χ4n) is 4.06. The average molecular weight is 481 g/mol. The molecule has 0 bridgehead atoms. The summed E-state index contributed by atoms with van der Waals surface area (Å²) < 4.78 is 35.0. The van der Waals surface area contributed by atoms with Gasteiger partial charge in [-0.1, -0.05) is 40.9 Å². The first-order valence-electron chi connectivity index (χ1n) is 10.0. The van der Waals surface area contributed by atoms with Crippen molar-refractivity contribution in [2.45, 2.75) is 50.5 Å². The van der Waals surface area contributed by atoms with Gasteiger partial charge in [0.05, 0.1) is 24.4 Å². The van der Waals surface area contributed by atoms with Crippen LogP contribution in [0, 0.1) is 11.6 Å². The molecule has 1 saturated carbocycles. The zero-order valence-corrected chi connectivity index (χ0v) is 17.9. The number of nitrogens with one attached hydrogen (secondary N) is 1. The number of carbonyl (C=O) groups is 1. The zero-order valence-electron chi connectivity index (χ0n) is 16.3. The topological polar surface area (TPSA) is 61.8 Å². The first-order valence-corrected chi connectivity index (χ1v) is 10.8. The fourth-order valence-corrected chi connectivity index (χ4v) is 4.46. The molecule has 1 unspecified atom stereocenters. The van der Waals surface area contributed by atoms with E-state index in [0.29, 0.717) is 22.3 Å². The highest BCUT2D eigenvalue weighted by molar-refractivity contribution is 9.10. The van der Waals surface area contributed by atoms with Crippen molar-refractivity contribution in [3.8, 4) is 5.75 Å². The summed E-state index contributed by atoms with van der Waals surface area (Å²) in [7, 11) is 0. The number of hydrogen-bond donors (Lipinski definition) is 2. The zero-order chi connectivity index (χ0) is 21.3. The van der Waals surface area contributed by atoms with Crippen LogP contribution in [0.25, 0.3) is 0 Å². The number of rotatable bonds is 4. The lowest BCUT2D eigenvalue weighted by atomic mass is 9.92. The molecular formula is C22H23BrF2N2O3. The Kier molecular flexibility index (Phi) is 6.24. The van der Waals surface area contributed by atoms with Gasteiger partial charge < -0.3 is 20.1 Å².